The number of rotatable bonds is 6. The van der Waals surface area contributed by atoms with Crippen LogP contribution in [0.1, 0.15) is 19.7 Å². The second kappa shape index (κ2) is 5.24. The van der Waals surface area contributed by atoms with Crippen LogP contribution in [0.5, 0.6) is 0 Å². The Hall–Kier alpha value is -0.920. The normalized spacial score (nSPS) is 12.2. The Morgan fingerprint density at radius 2 is 2.13 bits per heavy atom. The number of aromatic nitrogens is 2. The molecular formula is C8H16N4O2S. The van der Waals surface area contributed by atoms with E-state index in [2.05, 4.69) is 14.7 Å². The van der Waals surface area contributed by atoms with Crippen molar-refractivity contribution in [1.29, 1.82) is 0 Å². The van der Waals surface area contributed by atoms with Crippen LogP contribution in [0.2, 0.25) is 0 Å². The average molecular weight is 232 g/mol. The SMILES string of the molecule is CCN(CC)S(=O)(=O)NCc1ncc[nH]1. The topological polar surface area (TPSA) is 78.1 Å². The van der Waals surface area contributed by atoms with Gasteiger partial charge in [0.05, 0.1) is 6.54 Å². The molecule has 6 nitrogen and oxygen atoms in total. The van der Waals surface area contributed by atoms with Crippen LogP contribution in [0, 0.1) is 0 Å². The highest BCUT2D eigenvalue weighted by Gasteiger charge is 2.17. The number of nitrogens with one attached hydrogen (secondary N) is 2. The third-order valence-corrected chi connectivity index (χ3v) is 3.73. The molecule has 1 heterocycles. The van der Waals surface area contributed by atoms with E-state index in [1.807, 2.05) is 0 Å². The summed E-state index contributed by atoms with van der Waals surface area (Å²) in [5, 5.41) is 0. The molecule has 0 aliphatic heterocycles. The van der Waals surface area contributed by atoms with Crippen LogP contribution in [-0.2, 0) is 16.8 Å². The van der Waals surface area contributed by atoms with Crippen molar-refractivity contribution in [2.24, 2.45) is 0 Å². The van der Waals surface area contributed by atoms with Crippen molar-refractivity contribution in [3.05, 3.63) is 18.2 Å². The minimum atomic E-state index is -3.38. The third-order valence-electron chi connectivity index (χ3n) is 2.02. The van der Waals surface area contributed by atoms with E-state index in [0.717, 1.165) is 0 Å². The summed E-state index contributed by atoms with van der Waals surface area (Å²) in [7, 11) is -3.38. The summed E-state index contributed by atoms with van der Waals surface area (Å²) in [6.45, 7) is 4.71. The zero-order chi connectivity index (χ0) is 11.3. The fourth-order valence-corrected chi connectivity index (χ4v) is 2.39. The predicted molar refractivity (Wildman–Crippen MR) is 57.3 cm³/mol. The fourth-order valence-electron chi connectivity index (χ4n) is 1.21. The molecule has 0 aliphatic carbocycles. The van der Waals surface area contributed by atoms with E-state index in [0.29, 0.717) is 18.9 Å². The lowest BCUT2D eigenvalue weighted by atomic mass is 10.6. The molecule has 0 aliphatic rings. The Morgan fingerprint density at radius 1 is 1.47 bits per heavy atom. The first-order chi connectivity index (χ1) is 7.10. The fraction of sp³-hybridized carbons (Fsp3) is 0.625. The van der Waals surface area contributed by atoms with Crippen LogP contribution in [-0.4, -0.2) is 35.8 Å². The maximum absolute atomic E-state index is 11.7. The Kier molecular flexibility index (Phi) is 4.25. The second-order valence-corrected chi connectivity index (χ2v) is 4.70. The largest absolute Gasteiger partial charge is 0.347 e. The number of hydrogen-bond donors (Lipinski definition) is 2. The van der Waals surface area contributed by atoms with Gasteiger partial charge in [-0.1, -0.05) is 13.8 Å². The molecule has 1 aromatic heterocycles. The van der Waals surface area contributed by atoms with Gasteiger partial charge in [0.15, 0.2) is 0 Å². The zero-order valence-corrected chi connectivity index (χ0v) is 9.71. The molecule has 1 rings (SSSR count). The number of hydrogen-bond acceptors (Lipinski definition) is 3. The molecule has 0 aromatic carbocycles. The first-order valence-electron chi connectivity index (χ1n) is 4.83. The van der Waals surface area contributed by atoms with Crippen molar-refractivity contribution in [2.75, 3.05) is 13.1 Å². The van der Waals surface area contributed by atoms with Crippen molar-refractivity contribution in [3.63, 3.8) is 0 Å². The van der Waals surface area contributed by atoms with Crippen molar-refractivity contribution in [2.45, 2.75) is 20.4 Å². The molecule has 2 N–H and O–H groups in total. The predicted octanol–water partition coefficient (Wildman–Crippen LogP) is 0.0859. The van der Waals surface area contributed by atoms with Crippen molar-refractivity contribution >= 4 is 10.2 Å². The maximum atomic E-state index is 11.7. The van der Waals surface area contributed by atoms with Gasteiger partial charge in [-0.05, 0) is 0 Å². The van der Waals surface area contributed by atoms with E-state index >= 15 is 0 Å². The summed E-state index contributed by atoms with van der Waals surface area (Å²) in [6, 6.07) is 0. The van der Waals surface area contributed by atoms with Crippen molar-refractivity contribution < 1.29 is 8.42 Å². The summed E-state index contributed by atoms with van der Waals surface area (Å²) in [4.78, 5) is 6.76. The molecule has 0 amide bonds. The van der Waals surface area contributed by atoms with Gasteiger partial charge >= 0.3 is 0 Å². The van der Waals surface area contributed by atoms with Crippen LogP contribution < -0.4 is 4.72 Å². The van der Waals surface area contributed by atoms with E-state index in [1.54, 1.807) is 26.2 Å². The first-order valence-corrected chi connectivity index (χ1v) is 6.27. The highest BCUT2D eigenvalue weighted by Crippen LogP contribution is 1.98. The lowest BCUT2D eigenvalue weighted by Gasteiger charge is -2.18. The highest BCUT2D eigenvalue weighted by molar-refractivity contribution is 7.87. The van der Waals surface area contributed by atoms with Crippen molar-refractivity contribution in [1.82, 2.24) is 19.0 Å². The lowest BCUT2D eigenvalue weighted by molar-refractivity contribution is 0.434. The van der Waals surface area contributed by atoms with E-state index in [-0.39, 0.29) is 6.54 Å². The van der Waals surface area contributed by atoms with Gasteiger partial charge in [-0.25, -0.2) is 4.98 Å². The van der Waals surface area contributed by atoms with E-state index in [9.17, 15) is 8.42 Å². The number of nitrogens with zero attached hydrogens (tertiary/aromatic N) is 2. The Bertz CT molecular complexity index is 369. The third kappa shape index (κ3) is 3.29. The van der Waals surface area contributed by atoms with E-state index < -0.39 is 10.2 Å². The summed E-state index contributed by atoms with van der Waals surface area (Å²) in [5.41, 5.74) is 0. The number of aromatic amines is 1. The lowest BCUT2D eigenvalue weighted by Crippen LogP contribution is -2.40. The van der Waals surface area contributed by atoms with Crippen molar-refractivity contribution in [3.8, 4) is 0 Å². The first kappa shape index (κ1) is 12.2. The molecule has 0 bridgehead atoms. The molecule has 0 atom stereocenters. The Morgan fingerprint density at radius 3 is 2.60 bits per heavy atom. The van der Waals surface area contributed by atoms with Gasteiger partial charge in [0, 0.05) is 25.5 Å². The Balaban J connectivity index is 2.57. The van der Waals surface area contributed by atoms with Crippen LogP contribution in [0.15, 0.2) is 12.4 Å². The Labute approximate surface area is 89.9 Å². The van der Waals surface area contributed by atoms with Gasteiger partial charge < -0.3 is 4.98 Å². The second-order valence-electron chi connectivity index (χ2n) is 2.95. The molecule has 0 fully saturated rings. The zero-order valence-electron chi connectivity index (χ0n) is 8.90. The molecule has 7 heteroatoms. The van der Waals surface area contributed by atoms with E-state index in [4.69, 9.17) is 0 Å². The van der Waals surface area contributed by atoms with Crippen LogP contribution in [0.3, 0.4) is 0 Å². The standard InChI is InChI=1S/C8H16N4O2S/c1-3-12(4-2)15(13,14)11-7-8-9-5-6-10-8/h5-6,11H,3-4,7H2,1-2H3,(H,9,10). The molecule has 0 saturated heterocycles. The molecule has 0 saturated carbocycles. The molecule has 0 radical (unpaired) electrons. The average Bonchev–Trinajstić information content (AvgIpc) is 2.69. The minimum Gasteiger partial charge on any atom is -0.347 e. The molecule has 0 unspecified atom stereocenters. The number of imidazole rings is 1. The van der Waals surface area contributed by atoms with Crippen LogP contribution in [0.25, 0.3) is 0 Å². The molecule has 15 heavy (non-hydrogen) atoms. The smallest absolute Gasteiger partial charge is 0.279 e. The molecule has 86 valence electrons. The van der Waals surface area contributed by atoms with Gasteiger partial charge in [0.25, 0.3) is 10.2 Å². The summed E-state index contributed by atoms with van der Waals surface area (Å²) >= 11 is 0. The van der Waals surface area contributed by atoms with Gasteiger partial charge in [0.2, 0.25) is 0 Å². The minimum absolute atomic E-state index is 0.186. The van der Waals surface area contributed by atoms with E-state index in [1.165, 1.54) is 4.31 Å². The molecule has 1 aromatic rings. The summed E-state index contributed by atoms with van der Waals surface area (Å²) in [6.07, 6.45) is 3.24. The summed E-state index contributed by atoms with van der Waals surface area (Å²) in [5.74, 6) is 0.603. The van der Waals surface area contributed by atoms with Crippen LogP contribution in [0.4, 0.5) is 0 Å². The number of H-pyrrole nitrogens is 1. The monoisotopic (exact) mass is 232 g/mol. The van der Waals surface area contributed by atoms with Gasteiger partial charge in [0.1, 0.15) is 5.82 Å². The van der Waals surface area contributed by atoms with Gasteiger partial charge in [-0.2, -0.15) is 17.4 Å². The quantitative estimate of drug-likeness (QED) is 0.729. The molecular weight excluding hydrogens is 216 g/mol. The van der Waals surface area contributed by atoms with Gasteiger partial charge in [-0.15, -0.1) is 0 Å². The maximum Gasteiger partial charge on any atom is 0.279 e. The molecule has 0 spiro atoms. The summed E-state index contributed by atoms with van der Waals surface area (Å²) < 4.78 is 27.1. The van der Waals surface area contributed by atoms with Crippen LogP contribution >= 0.6 is 0 Å². The highest BCUT2D eigenvalue weighted by atomic mass is 32.2. The van der Waals surface area contributed by atoms with Gasteiger partial charge in [-0.3, -0.25) is 0 Å².